The Morgan fingerprint density at radius 3 is 2.50 bits per heavy atom. The van der Waals surface area contributed by atoms with Gasteiger partial charge in [-0.25, -0.2) is 12.8 Å². The predicted octanol–water partition coefficient (Wildman–Crippen LogP) is 2.18. The lowest BCUT2D eigenvalue weighted by molar-refractivity contribution is -0.0435. The number of hydrogen-bond donors (Lipinski definition) is 1. The van der Waals surface area contributed by atoms with Crippen LogP contribution in [-0.2, 0) is 16.4 Å². The molecule has 132 valence electrons. The normalized spacial score (nSPS) is 12.2. The number of rotatable bonds is 5. The highest BCUT2D eigenvalue weighted by molar-refractivity contribution is 7.92. The van der Waals surface area contributed by atoms with E-state index in [0.717, 1.165) is 12.1 Å². The lowest BCUT2D eigenvalue weighted by Crippen LogP contribution is -2.24. The second-order valence-electron chi connectivity index (χ2n) is 4.83. The first-order valence-electron chi connectivity index (χ1n) is 6.37. The molecule has 2 rings (SSSR count). The van der Waals surface area contributed by atoms with E-state index in [-0.39, 0.29) is 18.4 Å². The first kappa shape index (κ1) is 18.0. The summed E-state index contributed by atoms with van der Waals surface area (Å²) in [6.07, 6.45) is 0. The molecule has 1 aromatic heterocycles. The van der Waals surface area contributed by atoms with E-state index < -0.39 is 31.7 Å². The van der Waals surface area contributed by atoms with Gasteiger partial charge in [-0.05, 0) is 23.4 Å². The summed E-state index contributed by atoms with van der Waals surface area (Å²) < 4.78 is 79.3. The largest absolute Gasteiger partial charge is 0.501 e. The summed E-state index contributed by atoms with van der Waals surface area (Å²) in [6.45, 7) is -0.243. The summed E-state index contributed by atoms with van der Waals surface area (Å²) in [7, 11) is -2.42. The monoisotopic (exact) mass is 368 g/mol. The molecular weight excluding hydrogens is 356 g/mol. The van der Waals surface area contributed by atoms with E-state index in [9.17, 15) is 26.0 Å². The van der Waals surface area contributed by atoms with Crippen molar-refractivity contribution in [3.8, 4) is 0 Å². The van der Waals surface area contributed by atoms with Crippen LogP contribution < -0.4 is 10.2 Å². The van der Waals surface area contributed by atoms with E-state index in [1.165, 1.54) is 4.90 Å². The van der Waals surface area contributed by atoms with Crippen molar-refractivity contribution in [2.24, 2.45) is 0 Å². The van der Waals surface area contributed by atoms with Gasteiger partial charge in [0, 0.05) is 14.1 Å². The first-order chi connectivity index (χ1) is 11.0. The second-order valence-corrected chi connectivity index (χ2v) is 6.74. The third-order valence-corrected chi connectivity index (χ3v) is 4.35. The summed E-state index contributed by atoms with van der Waals surface area (Å²) in [6, 6.07) is 2.01. The molecule has 0 spiro atoms. The highest BCUT2D eigenvalue weighted by atomic mass is 32.2. The lowest BCUT2D eigenvalue weighted by Gasteiger charge is -2.13. The zero-order chi connectivity index (χ0) is 18.1. The van der Waals surface area contributed by atoms with Gasteiger partial charge in [0.1, 0.15) is 10.7 Å². The van der Waals surface area contributed by atoms with Gasteiger partial charge in [0.15, 0.2) is 0 Å². The molecule has 0 saturated carbocycles. The van der Waals surface area contributed by atoms with Crippen molar-refractivity contribution in [3.05, 3.63) is 29.9 Å². The molecule has 0 aliphatic heterocycles. The van der Waals surface area contributed by atoms with Crippen LogP contribution in [0, 0.1) is 5.82 Å². The van der Waals surface area contributed by atoms with Gasteiger partial charge in [-0.3, -0.25) is 0 Å². The Kier molecular flexibility index (Phi) is 4.69. The topological polar surface area (TPSA) is 88.3 Å². The quantitative estimate of drug-likeness (QED) is 0.809. The Hall–Kier alpha value is -2.37. The van der Waals surface area contributed by atoms with Crippen molar-refractivity contribution in [3.63, 3.8) is 0 Å². The molecule has 12 heteroatoms. The summed E-state index contributed by atoms with van der Waals surface area (Å²) in [5.41, 5.74) is -5.99. The summed E-state index contributed by atoms with van der Waals surface area (Å²) in [5.74, 6) is -0.872. The lowest BCUT2D eigenvalue weighted by atomic mass is 10.3. The first-order valence-corrected chi connectivity index (χ1v) is 7.85. The fraction of sp³-hybridized carbons (Fsp3) is 0.333. The Balaban J connectivity index is 2.31. The van der Waals surface area contributed by atoms with Crippen molar-refractivity contribution in [2.45, 2.75) is 16.9 Å². The molecular formula is C12H12F4N4O3S. The highest BCUT2D eigenvalue weighted by Gasteiger charge is 2.48. The predicted molar refractivity (Wildman–Crippen MR) is 75.6 cm³/mol. The molecule has 24 heavy (non-hydrogen) atoms. The average molecular weight is 368 g/mol. The van der Waals surface area contributed by atoms with E-state index in [1.54, 1.807) is 14.1 Å². The molecule has 0 amide bonds. The second kappa shape index (κ2) is 6.26. The molecule has 0 radical (unpaired) electrons. The van der Waals surface area contributed by atoms with Crippen LogP contribution in [0.15, 0.2) is 27.6 Å². The van der Waals surface area contributed by atoms with Gasteiger partial charge in [0.25, 0.3) is 15.8 Å². The van der Waals surface area contributed by atoms with E-state index in [0.29, 0.717) is 6.07 Å². The molecule has 0 bridgehead atoms. The number of alkyl halides is 3. The summed E-state index contributed by atoms with van der Waals surface area (Å²) in [5, 5.41) is 6.02. The number of hydrogen-bond acceptors (Lipinski definition) is 7. The number of anilines is 2. The van der Waals surface area contributed by atoms with E-state index in [1.807, 2.05) is 0 Å². The average Bonchev–Trinajstić information content (AvgIpc) is 2.93. The highest BCUT2D eigenvalue weighted by Crippen LogP contribution is 2.34. The Morgan fingerprint density at radius 2 is 1.96 bits per heavy atom. The number of sulfone groups is 1. The molecule has 0 atom stereocenters. The fourth-order valence-corrected chi connectivity index (χ4v) is 2.61. The van der Waals surface area contributed by atoms with E-state index in [4.69, 9.17) is 4.52 Å². The molecule has 1 aromatic carbocycles. The van der Waals surface area contributed by atoms with Crippen molar-refractivity contribution in [2.75, 3.05) is 24.3 Å². The molecule has 2 aromatic rings. The number of halogens is 4. The molecule has 0 saturated heterocycles. The minimum absolute atomic E-state index is 0.0124. The van der Waals surface area contributed by atoms with Gasteiger partial charge in [0.05, 0.1) is 12.2 Å². The van der Waals surface area contributed by atoms with Crippen molar-refractivity contribution >= 4 is 21.5 Å². The van der Waals surface area contributed by atoms with Crippen molar-refractivity contribution in [1.82, 2.24) is 10.1 Å². The molecule has 0 aliphatic rings. The molecule has 0 fully saturated rings. The van der Waals surface area contributed by atoms with Crippen LogP contribution in [0.3, 0.4) is 0 Å². The maximum Gasteiger partial charge on any atom is 0.501 e. The van der Waals surface area contributed by atoms with Gasteiger partial charge >= 0.3 is 5.51 Å². The number of nitrogens with zero attached hydrogens (tertiary/aromatic N) is 3. The maximum absolute atomic E-state index is 13.2. The molecule has 0 aliphatic carbocycles. The minimum atomic E-state index is -5.72. The number of nitrogens with one attached hydrogen (secondary N) is 1. The molecule has 1 heterocycles. The van der Waals surface area contributed by atoms with Crippen LogP contribution >= 0.6 is 0 Å². The third-order valence-electron chi connectivity index (χ3n) is 2.83. The Morgan fingerprint density at radius 1 is 1.29 bits per heavy atom. The maximum atomic E-state index is 13.2. The van der Waals surface area contributed by atoms with Crippen LogP contribution in [0.1, 0.15) is 5.89 Å². The fourth-order valence-electron chi connectivity index (χ4n) is 1.66. The van der Waals surface area contributed by atoms with Gasteiger partial charge in [-0.1, -0.05) is 0 Å². The molecule has 7 nitrogen and oxygen atoms in total. The van der Waals surface area contributed by atoms with Gasteiger partial charge in [-0.15, -0.1) is 0 Å². The van der Waals surface area contributed by atoms with Crippen LogP contribution in [0.2, 0.25) is 0 Å². The Labute approximate surface area is 134 Å². The van der Waals surface area contributed by atoms with Gasteiger partial charge < -0.3 is 14.7 Å². The smallest absolute Gasteiger partial charge is 0.375 e. The minimum Gasteiger partial charge on any atom is -0.375 e. The molecule has 0 unspecified atom stereocenters. The summed E-state index contributed by atoms with van der Waals surface area (Å²) >= 11 is 0. The number of aromatic nitrogens is 2. The summed E-state index contributed by atoms with van der Waals surface area (Å²) in [4.78, 5) is 4.24. The van der Waals surface area contributed by atoms with Crippen molar-refractivity contribution in [1.29, 1.82) is 0 Å². The van der Waals surface area contributed by atoms with E-state index >= 15 is 0 Å². The standard InChI is InChI=1S/C12H12F4N4O3S/c1-20(2)11-18-10(23-19-11)6-17-8-4-3-7(13)5-9(8)24(21,22)12(14,15)16/h3-5,17H,6H2,1-2H3. The van der Waals surface area contributed by atoms with E-state index in [2.05, 4.69) is 15.5 Å². The molecule has 1 N–H and O–H groups in total. The van der Waals surface area contributed by atoms with Crippen LogP contribution in [0.5, 0.6) is 0 Å². The number of benzene rings is 1. The zero-order valence-electron chi connectivity index (χ0n) is 12.4. The van der Waals surface area contributed by atoms with Crippen molar-refractivity contribution < 1.29 is 30.5 Å². The van der Waals surface area contributed by atoms with Gasteiger partial charge in [0.2, 0.25) is 5.89 Å². The Bertz CT molecular complexity index is 833. The SMILES string of the molecule is CN(C)c1noc(CNc2ccc(F)cc2S(=O)(=O)C(F)(F)F)n1. The third kappa shape index (κ3) is 3.58. The van der Waals surface area contributed by atoms with Crippen LogP contribution in [-0.4, -0.2) is 38.2 Å². The van der Waals surface area contributed by atoms with Crippen LogP contribution in [0.25, 0.3) is 0 Å². The zero-order valence-corrected chi connectivity index (χ0v) is 13.2. The van der Waals surface area contributed by atoms with Crippen LogP contribution in [0.4, 0.5) is 29.2 Å². The van der Waals surface area contributed by atoms with Gasteiger partial charge in [-0.2, -0.15) is 18.2 Å².